The van der Waals surface area contributed by atoms with Gasteiger partial charge in [0, 0.05) is 18.3 Å². The highest BCUT2D eigenvalue weighted by atomic mass is 32.2. The molecule has 1 saturated carbocycles. The Bertz CT molecular complexity index is 350. The van der Waals surface area contributed by atoms with Crippen LogP contribution in [-0.4, -0.2) is 29.5 Å². The number of thioether (sulfide) groups is 1. The van der Waals surface area contributed by atoms with Crippen molar-refractivity contribution in [3.8, 4) is 0 Å². The largest absolute Gasteiger partial charge is 0.398 e. The molecule has 0 heterocycles. The molecule has 2 nitrogen and oxygen atoms in total. The molecule has 1 aromatic rings. The average Bonchev–Trinajstić information content (AvgIpc) is 3.15. The number of benzene rings is 1. The summed E-state index contributed by atoms with van der Waals surface area (Å²) in [5.41, 5.74) is 8.23. The summed E-state index contributed by atoms with van der Waals surface area (Å²) in [6.45, 7) is 2.23. The van der Waals surface area contributed by atoms with Gasteiger partial charge in [-0.1, -0.05) is 18.2 Å². The van der Waals surface area contributed by atoms with Crippen molar-refractivity contribution in [1.29, 1.82) is 0 Å². The molecule has 0 bridgehead atoms. The molecule has 2 rings (SSSR count). The lowest BCUT2D eigenvalue weighted by Gasteiger charge is -2.22. The standard InChI is InChI=1S/C14H22N2S/c1-17-10-4-9-16(13-7-8-13)11-12-5-2-3-6-14(12)15/h2-3,5-6,13H,4,7-11,15H2,1H3. The van der Waals surface area contributed by atoms with Crippen LogP contribution in [0.15, 0.2) is 24.3 Å². The monoisotopic (exact) mass is 250 g/mol. The van der Waals surface area contributed by atoms with E-state index in [9.17, 15) is 0 Å². The summed E-state index contributed by atoms with van der Waals surface area (Å²) in [4.78, 5) is 2.60. The maximum Gasteiger partial charge on any atom is 0.0359 e. The smallest absolute Gasteiger partial charge is 0.0359 e. The first-order chi connectivity index (χ1) is 8.31. The van der Waals surface area contributed by atoms with E-state index in [4.69, 9.17) is 5.73 Å². The van der Waals surface area contributed by atoms with E-state index in [-0.39, 0.29) is 0 Å². The Morgan fingerprint density at radius 2 is 2.12 bits per heavy atom. The fourth-order valence-corrected chi connectivity index (χ4v) is 2.56. The van der Waals surface area contributed by atoms with Crippen molar-refractivity contribution < 1.29 is 0 Å². The van der Waals surface area contributed by atoms with E-state index in [2.05, 4.69) is 23.3 Å². The Hall–Kier alpha value is -0.670. The maximum atomic E-state index is 6.01. The van der Waals surface area contributed by atoms with Crippen molar-refractivity contribution in [1.82, 2.24) is 4.90 Å². The van der Waals surface area contributed by atoms with Gasteiger partial charge >= 0.3 is 0 Å². The molecule has 1 fully saturated rings. The number of anilines is 1. The number of hydrogen-bond donors (Lipinski definition) is 1. The van der Waals surface area contributed by atoms with Crippen LogP contribution in [0.1, 0.15) is 24.8 Å². The van der Waals surface area contributed by atoms with E-state index in [1.165, 1.54) is 37.1 Å². The number of nitrogens with zero attached hydrogens (tertiary/aromatic N) is 1. The van der Waals surface area contributed by atoms with Crippen LogP contribution in [-0.2, 0) is 6.54 Å². The number of nitrogens with two attached hydrogens (primary N) is 1. The Kier molecular flexibility index (Phi) is 4.75. The lowest BCUT2D eigenvalue weighted by Crippen LogP contribution is -2.27. The summed E-state index contributed by atoms with van der Waals surface area (Å²) >= 11 is 1.93. The van der Waals surface area contributed by atoms with E-state index in [1.807, 2.05) is 23.9 Å². The zero-order valence-electron chi connectivity index (χ0n) is 10.6. The number of hydrogen-bond acceptors (Lipinski definition) is 3. The van der Waals surface area contributed by atoms with Gasteiger partial charge in [0.15, 0.2) is 0 Å². The molecule has 17 heavy (non-hydrogen) atoms. The van der Waals surface area contributed by atoms with Crippen LogP contribution >= 0.6 is 11.8 Å². The quantitative estimate of drug-likeness (QED) is 0.596. The van der Waals surface area contributed by atoms with Crippen molar-refractivity contribution in [2.24, 2.45) is 0 Å². The normalized spacial score (nSPS) is 15.4. The van der Waals surface area contributed by atoms with E-state index < -0.39 is 0 Å². The first kappa shape index (κ1) is 12.8. The molecular formula is C14H22N2S. The third-order valence-corrected chi connectivity index (χ3v) is 3.98. The van der Waals surface area contributed by atoms with Crippen molar-refractivity contribution in [3.63, 3.8) is 0 Å². The molecule has 0 saturated heterocycles. The molecular weight excluding hydrogens is 228 g/mol. The Morgan fingerprint density at radius 3 is 2.76 bits per heavy atom. The van der Waals surface area contributed by atoms with E-state index in [0.717, 1.165) is 18.3 Å². The van der Waals surface area contributed by atoms with Crippen LogP contribution in [0.4, 0.5) is 5.69 Å². The van der Waals surface area contributed by atoms with Crippen molar-refractivity contribution in [2.75, 3.05) is 24.3 Å². The van der Waals surface area contributed by atoms with Crippen LogP contribution in [0, 0.1) is 0 Å². The zero-order valence-corrected chi connectivity index (χ0v) is 11.4. The average molecular weight is 250 g/mol. The maximum absolute atomic E-state index is 6.01. The predicted molar refractivity (Wildman–Crippen MR) is 77.3 cm³/mol. The summed E-state index contributed by atoms with van der Waals surface area (Å²) in [5.74, 6) is 1.26. The molecule has 1 aliphatic carbocycles. The van der Waals surface area contributed by atoms with Crippen LogP contribution in [0.5, 0.6) is 0 Å². The molecule has 0 unspecified atom stereocenters. The minimum Gasteiger partial charge on any atom is -0.398 e. The number of nitrogen functional groups attached to an aromatic ring is 1. The third kappa shape index (κ3) is 3.93. The van der Waals surface area contributed by atoms with Crippen molar-refractivity contribution in [3.05, 3.63) is 29.8 Å². The van der Waals surface area contributed by atoms with E-state index >= 15 is 0 Å². The Labute approximate surface area is 109 Å². The van der Waals surface area contributed by atoms with Crippen LogP contribution < -0.4 is 5.73 Å². The first-order valence-electron chi connectivity index (χ1n) is 6.37. The van der Waals surface area contributed by atoms with Crippen LogP contribution in [0.3, 0.4) is 0 Å². The van der Waals surface area contributed by atoms with Gasteiger partial charge in [0.1, 0.15) is 0 Å². The fourth-order valence-electron chi connectivity index (χ4n) is 2.14. The van der Waals surface area contributed by atoms with Gasteiger partial charge in [-0.25, -0.2) is 0 Å². The summed E-state index contributed by atoms with van der Waals surface area (Å²) < 4.78 is 0. The Morgan fingerprint density at radius 1 is 1.35 bits per heavy atom. The molecule has 0 aromatic heterocycles. The van der Waals surface area contributed by atoms with Crippen molar-refractivity contribution in [2.45, 2.75) is 31.8 Å². The topological polar surface area (TPSA) is 29.3 Å². The van der Waals surface area contributed by atoms with Crippen molar-refractivity contribution >= 4 is 17.4 Å². The summed E-state index contributed by atoms with van der Waals surface area (Å²) in [5, 5.41) is 0. The third-order valence-electron chi connectivity index (χ3n) is 3.29. The highest BCUT2D eigenvalue weighted by molar-refractivity contribution is 7.98. The second-order valence-electron chi connectivity index (χ2n) is 4.75. The molecule has 0 atom stereocenters. The van der Waals surface area contributed by atoms with Gasteiger partial charge in [-0.15, -0.1) is 0 Å². The van der Waals surface area contributed by atoms with Gasteiger partial charge in [0.25, 0.3) is 0 Å². The zero-order chi connectivity index (χ0) is 12.1. The first-order valence-corrected chi connectivity index (χ1v) is 7.77. The minimum absolute atomic E-state index is 0.816. The fraction of sp³-hybridized carbons (Fsp3) is 0.571. The van der Waals surface area contributed by atoms with Gasteiger partial charge in [-0.05, 0) is 49.4 Å². The summed E-state index contributed by atoms with van der Waals surface area (Å²) in [6, 6.07) is 9.06. The second-order valence-corrected chi connectivity index (χ2v) is 5.73. The summed E-state index contributed by atoms with van der Waals surface area (Å²) in [6.07, 6.45) is 6.19. The van der Waals surface area contributed by atoms with Crippen LogP contribution in [0.25, 0.3) is 0 Å². The molecule has 0 amide bonds. The molecule has 0 spiro atoms. The molecule has 0 radical (unpaired) electrons. The summed E-state index contributed by atoms with van der Waals surface area (Å²) in [7, 11) is 0. The highest BCUT2D eigenvalue weighted by Crippen LogP contribution is 2.29. The van der Waals surface area contributed by atoms with Gasteiger partial charge < -0.3 is 5.73 Å². The lowest BCUT2D eigenvalue weighted by molar-refractivity contribution is 0.256. The number of para-hydroxylation sites is 1. The van der Waals surface area contributed by atoms with Gasteiger partial charge in [0.2, 0.25) is 0 Å². The van der Waals surface area contributed by atoms with Gasteiger partial charge in [-0.3, -0.25) is 4.90 Å². The Balaban J connectivity index is 1.91. The molecule has 3 heteroatoms. The minimum atomic E-state index is 0.816. The number of rotatable bonds is 7. The van der Waals surface area contributed by atoms with E-state index in [0.29, 0.717) is 0 Å². The highest BCUT2D eigenvalue weighted by Gasteiger charge is 2.28. The molecule has 2 N–H and O–H groups in total. The SMILES string of the molecule is CSCCCN(Cc1ccccc1N)C1CC1. The molecule has 1 aromatic carbocycles. The van der Waals surface area contributed by atoms with Gasteiger partial charge in [0.05, 0.1) is 0 Å². The predicted octanol–water partition coefficient (Wildman–Crippen LogP) is 2.99. The molecule has 0 aliphatic heterocycles. The van der Waals surface area contributed by atoms with E-state index in [1.54, 1.807) is 0 Å². The molecule has 94 valence electrons. The van der Waals surface area contributed by atoms with Crippen LogP contribution in [0.2, 0.25) is 0 Å². The lowest BCUT2D eigenvalue weighted by atomic mass is 10.1. The van der Waals surface area contributed by atoms with Gasteiger partial charge in [-0.2, -0.15) is 11.8 Å². The molecule has 1 aliphatic rings. The second kappa shape index (κ2) is 6.31.